The van der Waals surface area contributed by atoms with Crippen molar-refractivity contribution < 1.29 is 4.79 Å². The van der Waals surface area contributed by atoms with Gasteiger partial charge in [-0.25, -0.2) is 0 Å². The first-order valence-electron chi connectivity index (χ1n) is 6.68. The molecule has 1 aliphatic heterocycles. The second-order valence-electron chi connectivity index (χ2n) is 5.03. The van der Waals surface area contributed by atoms with Crippen molar-refractivity contribution in [3.8, 4) is 0 Å². The molecule has 0 saturated carbocycles. The zero-order valence-electron chi connectivity index (χ0n) is 11.2. The van der Waals surface area contributed by atoms with E-state index in [2.05, 4.69) is 13.8 Å². The Bertz CT molecular complexity index is 213. The Morgan fingerprint density at radius 3 is 2.41 bits per heavy atom. The van der Waals surface area contributed by atoms with Crippen molar-refractivity contribution in [3.05, 3.63) is 0 Å². The predicted octanol–water partition coefficient (Wildman–Crippen LogP) is 2.57. The third-order valence-corrected chi connectivity index (χ3v) is 3.63. The van der Waals surface area contributed by atoms with Gasteiger partial charge in [-0.15, -0.1) is 12.4 Å². The maximum Gasteiger partial charge on any atom is 0.222 e. The molecule has 0 bridgehead atoms. The maximum absolute atomic E-state index is 11.8. The van der Waals surface area contributed by atoms with E-state index in [4.69, 9.17) is 5.73 Å². The van der Waals surface area contributed by atoms with Crippen LogP contribution >= 0.6 is 12.4 Å². The SMILES string of the molecule is CCCCCC(=O)N1CCC(C(C)N)CC1.Cl. The molecule has 1 fully saturated rings. The molecule has 2 N–H and O–H groups in total. The lowest BCUT2D eigenvalue weighted by Crippen LogP contribution is -2.42. The topological polar surface area (TPSA) is 46.3 Å². The zero-order valence-corrected chi connectivity index (χ0v) is 12.0. The molecule has 1 heterocycles. The minimum absolute atomic E-state index is 0. The lowest BCUT2D eigenvalue weighted by molar-refractivity contribution is -0.132. The van der Waals surface area contributed by atoms with Crippen molar-refractivity contribution in [3.63, 3.8) is 0 Å². The van der Waals surface area contributed by atoms with Gasteiger partial charge < -0.3 is 10.6 Å². The van der Waals surface area contributed by atoms with Crippen molar-refractivity contribution in [2.24, 2.45) is 11.7 Å². The summed E-state index contributed by atoms with van der Waals surface area (Å²) in [7, 11) is 0. The Labute approximate surface area is 112 Å². The molecule has 1 amide bonds. The smallest absolute Gasteiger partial charge is 0.222 e. The average molecular weight is 263 g/mol. The highest BCUT2D eigenvalue weighted by atomic mass is 35.5. The molecule has 102 valence electrons. The van der Waals surface area contributed by atoms with E-state index in [0.29, 0.717) is 11.8 Å². The summed E-state index contributed by atoms with van der Waals surface area (Å²) in [6, 6.07) is 0.275. The Morgan fingerprint density at radius 2 is 1.94 bits per heavy atom. The first kappa shape index (κ1) is 16.7. The van der Waals surface area contributed by atoms with Crippen molar-refractivity contribution in [1.82, 2.24) is 4.90 Å². The van der Waals surface area contributed by atoms with Gasteiger partial charge in [-0.1, -0.05) is 19.8 Å². The van der Waals surface area contributed by atoms with Crippen molar-refractivity contribution >= 4 is 18.3 Å². The number of rotatable bonds is 5. The highest BCUT2D eigenvalue weighted by molar-refractivity contribution is 5.85. The van der Waals surface area contributed by atoms with E-state index in [-0.39, 0.29) is 18.4 Å². The summed E-state index contributed by atoms with van der Waals surface area (Å²) in [4.78, 5) is 13.9. The van der Waals surface area contributed by atoms with Crippen LogP contribution in [0.3, 0.4) is 0 Å². The molecular weight excluding hydrogens is 236 g/mol. The highest BCUT2D eigenvalue weighted by Gasteiger charge is 2.24. The van der Waals surface area contributed by atoms with Gasteiger partial charge in [0.2, 0.25) is 5.91 Å². The van der Waals surface area contributed by atoms with Gasteiger partial charge in [0, 0.05) is 25.6 Å². The highest BCUT2D eigenvalue weighted by Crippen LogP contribution is 2.20. The minimum Gasteiger partial charge on any atom is -0.343 e. The molecule has 0 aromatic carbocycles. The summed E-state index contributed by atoms with van der Waals surface area (Å²) >= 11 is 0. The molecule has 0 aromatic heterocycles. The van der Waals surface area contributed by atoms with Gasteiger partial charge in [0.25, 0.3) is 0 Å². The zero-order chi connectivity index (χ0) is 12.0. The van der Waals surface area contributed by atoms with E-state index >= 15 is 0 Å². The van der Waals surface area contributed by atoms with Gasteiger partial charge in [0.15, 0.2) is 0 Å². The van der Waals surface area contributed by atoms with Crippen LogP contribution in [0, 0.1) is 5.92 Å². The number of carbonyl (C=O) groups is 1. The minimum atomic E-state index is 0. The van der Waals surface area contributed by atoms with E-state index < -0.39 is 0 Å². The van der Waals surface area contributed by atoms with Gasteiger partial charge in [-0.3, -0.25) is 4.79 Å². The second-order valence-corrected chi connectivity index (χ2v) is 5.03. The van der Waals surface area contributed by atoms with Crippen molar-refractivity contribution in [2.75, 3.05) is 13.1 Å². The number of carbonyl (C=O) groups excluding carboxylic acids is 1. The van der Waals surface area contributed by atoms with Gasteiger partial charge in [0.1, 0.15) is 0 Å². The lowest BCUT2D eigenvalue weighted by atomic mass is 9.91. The van der Waals surface area contributed by atoms with Crippen LogP contribution in [0.15, 0.2) is 0 Å². The van der Waals surface area contributed by atoms with Crippen LogP contribution in [-0.4, -0.2) is 29.9 Å². The van der Waals surface area contributed by atoms with Crippen molar-refractivity contribution in [1.29, 1.82) is 0 Å². The number of likely N-dealkylation sites (tertiary alicyclic amines) is 1. The summed E-state index contributed by atoms with van der Waals surface area (Å²) in [5.41, 5.74) is 5.88. The molecule has 1 aliphatic rings. The average Bonchev–Trinajstić information content (AvgIpc) is 2.29. The van der Waals surface area contributed by atoms with Gasteiger partial charge in [0.05, 0.1) is 0 Å². The standard InChI is InChI=1S/C13H26N2O.ClH/c1-3-4-5-6-13(16)15-9-7-12(8-10-15)11(2)14;/h11-12H,3-10,14H2,1-2H3;1H. The molecule has 1 saturated heterocycles. The number of unbranched alkanes of at least 4 members (excludes halogenated alkanes) is 2. The molecular formula is C13H27ClN2O. The number of piperidine rings is 1. The van der Waals surface area contributed by atoms with Crippen LogP contribution in [0.4, 0.5) is 0 Å². The first-order valence-corrected chi connectivity index (χ1v) is 6.68. The molecule has 1 atom stereocenters. The van der Waals surface area contributed by atoms with Crippen LogP contribution in [-0.2, 0) is 4.79 Å². The molecule has 17 heavy (non-hydrogen) atoms. The number of nitrogens with zero attached hydrogens (tertiary/aromatic N) is 1. The van der Waals surface area contributed by atoms with Gasteiger partial charge in [-0.05, 0) is 32.1 Å². The van der Waals surface area contributed by atoms with Gasteiger partial charge >= 0.3 is 0 Å². The fourth-order valence-corrected chi connectivity index (χ4v) is 2.36. The van der Waals surface area contributed by atoms with Crippen LogP contribution in [0.1, 0.15) is 52.4 Å². The summed E-state index contributed by atoms with van der Waals surface area (Å²) in [6.07, 6.45) is 6.29. The molecule has 3 nitrogen and oxygen atoms in total. The largest absolute Gasteiger partial charge is 0.343 e. The van der Waals surface area contributed by atoms with E-state index in [1.54, 1.807) is 0 Å². The normalized spacial score (nSPS) is 18.6. The molecule has 1 unspecified atom stereocenters. The monoisotopic (exact) mass is 262 g/mol. The number of halogens is 1. The Morgan fingerprint density at radius 1 is 1.35 bits per heavy atom. The molecule has 0 aromatic rings. The molecule has 0 radical (unpaired) electrons. The van der Waals surface area contributed by atoms with Crippen LogP contribution < -0.4 is 5.73 Å². The molecule has 4 heteroatoms. The summed E-state index contributed by atoms with van der Waals surface area (Å²) in [5, 5.41) is 0. The van der Waals surface area contributed by atoms with Crippen molar-refractivity contribution in [2.45, 2.75) is 58.4 Å². The van der Waals surface area contributed by atoms with Crippen LogP contribution in [0.2, 0.25) is 0 Å². The van der Waals surface area contributed by atoms with Gasteiger partial charge in [-0.2, -0.15) is 0 Å². The van der Waals surface area contributed by atoms with Crippen LogP contribution in [0.25, 0.3) is 0 Å². The fourth-order valence-electron chi connectivity index (χ4n) is 2.36. The summed E-state index contributed by atoms with van der Waals surface area (Å²) in [6.45, 7) is 6.07. The lowest BCUT2D eigenvalue weighted by Gasteiger charge is -2.33. The maximum atomic E-state index is 11.8. The molecule has 0 aliphatic carbocycles. The van der Waals surface area contributed by atoms with Crippen LogP contribution in [0.5, 0.6) is 0 Å². The summed E-state index contributed by atoms with van der Waals surface area (Å²) < 4.78 is 0. The predicted molar refractivity (Wildman–Crippen MR) is 74.3 cm³/mol. The second kappa shape index (κ2) is 8.76. The molecule has 0 spiro atoms. The quantitative estimate of drug-likeness (QED) is 0.774. The Kier molecular flexibility index (Phi) is 8.61. The number of nitrogens with two attached hydrogens (primary N) is 1. The Hall–Kier alpha value is -0.280. The fraction of sp³-hybridized carbons (Fsp3) is 0.923. The van der Waals surface area contributed by atoms with E-state index in [1.165, 1.54) is 12.8 Å². The molecule has 1 rings (SSSR count). The number of hydrogen-bond donors (Lipinski definition) is 1. The number of amides is 1. The Balaban J connectivity index is 0.00000256. The summed E-state index contributed by atoms with van der Waals surface area (Å²) in [5.74, 6) is 0.955. The van der Waals surface area contributed by atoms with E-state index in [9.17, 15) is 4.79 Å². The third kappa shape index (κ3) is 5.73. The van der Waals surface area contributed by atoms with E-state index in [0.717, 1.165) is 38.8 Å². The van der Waals surface area contributed by atoms with E-state index in [1.807, 2.05) is 4.90 Å². The number of hydrogen-bond acceptors (Lipinski definition) is 2. The third-order valence-electron chi connectivity index (χ3n) is 3.63. The first-order chi connectivity index (χ1) is 7.65.